The van der Waals surface area contributed by atoms with Gasteiger partial charge in [-0.1, -0.05) is 36.2 Å². The van der Waals surface area contributed by atoms with E-state index in [2.05, 4.69) is 16.0 Å². The van der Waals surface area contributed by atoms with Crippen LogP contribution in [0.3, 0.4) is 0 Å². The van der Waals surface area contributed by atoms with Gasteiger partial charge in [-0.2, -0.15) is 0 Å². The highest BCUT2D eigenvalue weighted by Gasteiger charge is 2.08. The number of rotatable bonds is 3. The number of nitrogens with one attached hydrogen (secondary N) is 4. The Bertz CT molecular complexity index is 430. The minimum Gasteiger partial charge on any atom is -0.338 e. The smallest absolute Gasteiger partial charge is 0.321 e. The lowest BCUT2D eigenvalue weighted by Gasteiger charge is -2.12. The zero-order valence-electron chi connectivity index (χ0n) is 9.81. The largest absolute Gasteiger partial charge is 0.338 e. The summed E-state index contributed by atoms with van der Waals surface area (Å²) in [5, 5.41) is 15.9. The van der Waals surface area contributed by atoms with Crippen molar-refractivity contribution in [3.8, 4) is 0 Å². The molecule has 0 fully saturated rings. The van der Waals surface area contributed by atoms with Crippen molar-refractivity contribution in [3.05, 3.63) is 28.2 Å². The number of urea groups is 1. The van der Waals surface area contributed by atoms with Gasteiger partial charge in [0.2, 0.25) is 5.96 Å². The molecule has 0 spiro atoms. The van der Waals surface area contributed by atoms with Crippen LogP contribution in [0.15, 0.2) is 18.2 Å². The molecule has 0 aliphatic carbocycles. The lowest BCUT2D eigenvalue weighted by atomic mass is 10.3. The second-order valence-electron chi connectivity index (χ2n) is 3.48. The topological polar surface area (TPSA) is 77.0 Å². The molecule has 0 saturated carbocycles. The number of guanidine groups is 1. The molecule has 0 heterocycles. The van der Waals surface area contributed by atoms with Crippen molar-refractivity contribution in [2.45, 2.75) is 13.3 Å². The Morgan fingerprint density at radius 1 is 1.33 bits per heavy atom. The molecule has 0 unspecified atom stereocenters. The summed E-state index contributed by atoms with van der Waals surface area (Å²) >= 11 is 11.8. The predicted octanol–water partition coefficient (Wildman–Crippen LogP) is 3.05. The summed E-state index contributed by atoms with van der Waals surface area (Å²) in [5.74, 6) is -0.196. The highest BCUT2D eigenvalue weighted by molar-refractivity contribution is 6.39. The van der Waals surface area contributed by atoms with Gasteiger partial charge in [0.25, 0.3) is 0 Å². The Morgan fingerprint density at radius 3 is 2.50 bits per heavy atom. The zero-order valence-corrected chi connectivity index (χ0v) is 11.3. The van der Waals surface area contributed by atoms with Crippen LogP contribution in [0.1, 0.15) is 13.3 Å². The van der Waals surface area contributed by atoms with Crippen LogP contribution in [0, 0.1) is 5.41 Å². The van der Waals surface area contributed by atoms with Crippen LogP contribution in [0.25, 0.3) is 0 Å². The van der Waals surface area contributed by atoms with Gasteiger partial charge >= 0.3 is 6.03 Å². The molecule has 0 radical (unpaired) electrons. The van der Waals surface area contributed by atoms with Crippen LogP contribution in [-0.2, 0) is 0 Å². The SMILES string of the molecule is CCCNC(=O)NC(=N)Nc1c(Cl)cccc1Cl. The molecule has 1 aromatic rings. The predicted molar refractivity (Wildman–Crippen MR) is 74.6 cm³/mol. The van der Waals surface area contributed by atoms with E-state index in [4.69, 9.17) is 28.6 Å². The van der Waals surface area contributed by atoms with E-state index in [9.17, 15) is 4.79 Å². The average molecular weight is 289 g/mol. The summed E-state index contributed by atoms with van der Waals surface area (Å²) in [4.78, 5) is 11.3. The van der Waals surface area contributed by atoms with Gasteiger partial charge in [0.05, 0.1) is 15.7 Å². The highest BCUT2D eigenvalue weighted by atomic mass is 35.5. The lowest BCUT2D eigenvalue weighted by Crippen LogP contribution is -2.42. The molecule has 5 nitrogen and oxygen atoms in total. The van der Waals surface area contributed by atoms with Crippen LogP contribution in [0.4, 0.5) is 10.5 Å². The number of hydrogen-bond acceptors (Lipinski definition) is 2. The van der Waals surface area contributed by atoms with E-state index in [0.717, 1.165) is 6.42 Å². The number of hydrogen-bond donors (Lipinski definition) is 4. The summed E-state index contributed by atoms with van der Waals surface area (Å²) in [7, 11) is 0. The molecule has 0 saturated heterocycles. The first-order valence-corrected chi connectivity index (χ1v) is 6.14. The monoisotopic (exact) mass is 288 g/mol. The molecular formula is C11H14Cl2N4O. The van der Waals surface area contributed by atoms with Gasteiger partial charge in [0.15, 0.2) is 0 Å². The van der Waals surface area contributed by atoms with E-state index < -0.39 is 6.03 Å². The standard InChI is InChI=1S/C11H14Cl2N4O/c1-2-6-15-11(18)17-10(14)16-9-7(12)4-3-5-8(9)13/h3-5H,2,6H2,1H3,(H4,14,15,16,17,18). The van der Waals surface area contributed by atoms with Gasteiger partial charge < -0.3 is 10.6 Å². The maximum atomic E-state index is 11.3. The molecule has 1 rings (SSSR count). The van der Waals surface area contributed by atoms with Crippen LogP contribution in [0.5, 0.6) is 0 Å². The number of carbonyl (C=O) groups is 1. The Morgan fingerprint density at radius 2 is 1.94 bits per heavy atom. The van der Waals surface area contributed by atoms with Gasteiger partial charge in [-0.3, -0.25) is 10.7 Å². The van der Waals surface area contributed by atoms with Crippen molar-refractivity contribution in [1.82, 2.24) is 10.6 Å². The minimum absolute atomic E-state index is 0.196. The molecule has 0 aliphatic heterocycles. The van der Waals surface area contributed by atoms with Crippen LogP contribution in [0.2, 0.25) is 10.0 Å². The summed E-state index contributed by atoms with van der Waals surface area (Å²) in [6, 6.07) is 4.53. The third kappa shape index (κ3) is 4.43. The van der Waals surface area contributed by atoms with Gasteiger partial charge in [0.1, 0.15) is 0 Å². The molecule has 0 bridgehead atoms. The number of amides is 2. The third-order valence-electron chi connectivity index (χ3n) is 1.99. The van der Waals surface area contributed by atoms with Crippen LogP contribution >= 0.6 is 23.2 Å². The maximum absolute atomic E-state index is 11.3. The number of carbonyl (C=O) groups excluding carboxylic acids is 1. The summed E-state index contributed by atoms with van der Waals surface area (Å²) in [5.41, 5.74) is 0.390. The van der Waals surface area contributed by atoms with Crippen molar-refractivity contribution < 1.29 is 4.79 Å². The van der Waals surface area contributed by atoms with E-state index in [1.54, 1.807) is 18.2 Å². The molecule has 7 heteroatoms. The van der Waals surface area contributed by atoms with Crippen molar-refractivity contribution in [2.24, 2.45) is 0 Å². The zero-order chi connectivity index (χ0) is 13.5. The first-order valence-electron chi connectivity index (χ1n) is 5.39. The molecule has 1 aromatic carbocycles. The lowest BCUT2D eigenvalue weighted by molar-refractivity contribution is 0.245. The van der Waals surface area contributed by atoms with Crippen molar-refractivity contribution in [3.63, 3.8) is 0 Å². The summed E-state index contributed by atoms with van der Waals surface area (Å²) < 4.78 is 0. The second-order valence-corrected chi connectivity index (χ2v) is 4.29. The molecule has 0 atom stereocenters. The van der Waals surface area contributed by atoms with Crippen LogP contribution in [-0.4, -0.2) is 18.5 Å². The van der Waals surface area contributed by atoms with Gasteiger partial charge in [-0.15, -0.1) is 0 Å². The first kappa shape index (κ1) is 14.6. The van der Waals surface area contributed by atoms with Crippen LogP contribution < -0.4 is 16.0 Å². The maximum Gasteiger partial charge on any atom is 0.321 e. The van der Waals surface area contributed by atoms with E-state index in [1.165, 1.54) is 0 Å². The number of para-hydroxylation sites is 1. The van der Waals surface area contributed by atoms with Crippen molar-refractivity contribution in [2.75, 3.05) is 11.9 Å². The molecule has 98 valence electrons. The molecular weight excluding hydrogens is 275 g/mol. The van der Waals surface area contributed by atoms with Crippen molar-refractivity contribution in [1.29, 1.82) is 5.41 Å². The molecule has 0 aromatic heterocycles. The fourth-order valence-electron chi connectivity index (χ4n) is 1.17. The Labute approximate surface area is 115 Å². The fourth-order valence-corrected chi connectivity index (χ4v) is 1.66. The van der Waals surface area contributed by atoms with E-state index >= 15 is 0 Å². The van der Waals surface area contributed by atoms with E-state index in [1.807, 2.05) is 6.92 Å². The molecule has 4 N–H and O–H groups in total. The third-order valence-corrected chi connectivity index (χ3v) is 2.62. The second kappa shape index (κ2) is 7.08. The average Bonchev–Trinajstić information content (AvgIpc) is 2.31. The minimum atomic E-state index is -0.447. The highest BCUT2D eigenvalue weighted by Crippen LogP contribution is 2.29. The van der Waals surface area contributed by atoms with E-state index in [0.29, 0.717) is 22.3 Å². The fraction of sp³-hybridized carbons (Fsp3) is 0.273. The Kier molecular flexibility index (Phi) is 5.74. The van der Waals surface area contributed by atoms with Gasteiger partial charge in [-0.05, 0) is 18.6 Å². The molecule has 2 amide bonds. The van der Waals surface area contributed by atoms with E-state index in [-0.39, 0.29) is 5.96 Å². The van der Waals surface area contributed by atoms with Crippen molar-refractivity contribution >= 4 is 40.9 Å². The number of anilines is 1. The van der Waals surface area contributed by atoms with Gasteiger partial charge in [-0.25, -0.2) is 4.79 Å². The number of benzene rings is 1. The number of halogens is 2. The Hall–Kier alpha value is -1.46. The Balaban J connectivity index is 2.57. The normalized spacial score (nSPS) is 9.72. The summed E-state index contributed by atoms with van der Waals surface area (Å²) in [6.07, 6.45) is 0.824. The molecule has 18 heavy (non-hydrogen) atoms. The quantitative estimate of drug-likeness (QED) is 0.510. The summed E-state index contributed by atoms with van der Waals surface area (Å²) in [6.45, 7) is 2.49. The first-order chi connectivity index (χ1) is 8.54. The van der Waals surface area contributed by atoms with Gasteiger partial charge in [0, 0.05) is 6.54 Å². The molecule has 0 aliphatic rings.